The maximum atomic E-state index is 14.2. The second-order valence-corrected chi connectivity index (χ2v) is 12.1. The number of hydrogen-bond donors (Lipinski definition) is 4. The van der Waals surface area contributed by atoms with Gasteiger partial charge in [0.1, 0.15) is 22.8 Å². The van der Waals surface area contributed by atoms with Crippen molar-refractivity contribution in [2.24, 2.45) is 17.6 Å². The number of carbonyl (C=O) groups excluding carboxylic acids is 3. The largest absolute Gasteiger partial charge is 0.508 e. The fourth-order valence-electron chi connectivity index (χ4n) is 6.89. The number of unbranched alkanes of at least 4 members (excludes halogenated alkanes) is 1. The third kappa shape index (κ3) is 4.69. The van der Waals surface area contributed by atoms with E-state index in [-0.39, 0.29) is 17.8 Å². The minimum absolute atomic E-state index is 0.0612. The van der Waals surface area contributed by atoms with E-state index in [0.717, 1.165) is 35.2 Å². The highest BCUT2D eigenvalue weighted by Crippen LogP contribution is 2.53. The Labute approximate surface area is 251 Å². The molecule has 3 aliphatic rings. The topological polar surface area (TPSA) is 154 Å². The van der Waals surface area contributed by atoms with Gasteiger partial charge in [-0.1, -0.05) is 31.5 Å². The van der Waals surface area contributed by atoms with Gasteiger partial charge in [0.15, 0.2) is 11.4 Å². The first-order valence-corrected chi connectivity index (χ1v) is 14.6. The summed E-state index contributed by atoms with van der Waals surface area (Å²) in [5.74, 6) is -5.59. The fourth-order valence-corrected chi connectivity index (χ4v) is 6.89. The number of aliphatic hydroxyl groups is 3. The van der Waals surface area contributed by atoms with Gasteiger partial charge in [-0.05, 0) is 74.2 Å². The number of aliphatic hydroxyl groups excluding tert-OH is 2. The van der Waals surface area contributed by atoms with Crippen molar-refractivity contribution in [3.63, 3.8) is 0 Å². The van der Waals surface area contributed by atoms with Crippen LogP contribution in [0.15, 0.2) is 53.3 Å². The summed E-state index contributed by atoms with van der Waals surface area (Å²) in [6.07, 6.45) is 2.10. The molecule has 0 bridgehead atoms. The van der Waals surface area contributed by atoms with E-state index in [2.05, 4.69) is 0 Å². The lowest BCUT2D eigenvalue weighted by atomic mass is 9.57. The summed E-state index contributed by atoms with van der Waals surface area (Å²) in [4.78, 5) is 43.4. The molecule has 0 heterocycles. The van der Waals surface area contributed by atoms with Crippen LogP contribution in [0.2, 0.25) is 0 Å². The van der Waals surface area contributed by atoms with Gasteiger partial charge in [0.25, 0.3) is 5.91 Å². The number of likely N-dealkylation sites (N-methyl/N-ethyl adjacent to an activating group) is 1. The number of benzene rings is 2. The fraction of sp³-hybridized carbons (Fsp3) is 0.424. The average Bonchev–Trinajstić information content (AvgIpc) is 2.95. The summed E-state index contributed by atoms with van der Waals surface area (Å²) < 4.78 is 6.09. The maximum Gasteiger partial charge on any atom is 0.255 e. The first kappa shape index (κ1) is 30.3. The summed E-state index contributed by atoms with van der Waals surface area (Å²) in [6.45, 7) is 2.45. The number of hydrogen-bond acceptors (Lipinski definition) is 9. The van der Waals surface area contributed by atoms with Crippen LogP contribution < -0.4 is 15.4 Å². The number of amides is 1. The first-order chi connectivity index (χ1) is 20.3. The van der Waals surface area contributed by atoms with Gasteiger partial charge in [0, 0.05) is 31.3 Å². The molecule has 1 fully saturated rings. The van der Waals surface area contributed by atoms with Crippen molar-refractivity contribution in [2.45, 2.75) is 44.2 Å². The quantitative estimate of drug-likeness (QED) is 0.269. The Balaban J connectivity index is 1.72. The van der Waals surface area contributed by atoms with E-state index in [1.54, 1.807) is 20.2 Å². The molecule has 10 nitrogen and oxygen atoms in total. The molecule has 2 aromatic rings. The monoisotopic (exact) mass is 589 g/mol. The van der Waals surface area contributed by atoms with E-state index in [1.165, 1.54) is 4.90 Å². The Hall–Kier alpha value is -4.15. The number of ether oxygens (including phenoxy) is 1. The van der Waals surface area contributed by atoms with Gasteiger partial charge in [-0.3, -0.25) is 19.3 Å². The highest BCUT2D eigenvalue weighted by Gasteiger charge is 2.64. The van der Waals surface area contributed by atoms with Crippen molar-refractivity contribution in [1.82, 2.24) is 4.90 Å². The van der Waals surface area contributed by atoms with Crippen molar-refractivity contribution in [2.75, 3.05) is 39.7 Å². The smallest absolute Gasteiger partial charge is 0.255 e. The molecule has 4 atom stereocenters. The zero-order valence-electron chi connectivity index (χ0n) is 25.2. The summed E-state index contributed by atoms with van der Waals surface area (Å²) in [6, 6.07) is 10.6. The lowest BCUT2D eigenvalue weighted by molar-refractivity contribution is -0.153. The van der Waals surface area contributed by atoms with Crippen molar-refractivity contribution in [3.8, 4) is 16.9 Å². The molecule has 2 aromatic carbocycles. The third-order valence-electron chi connectivity index (χ3n) is 9.04. The van der Waals surface area contributed by atoms with E-state index in [1.807, 2.05) is 56.3 Å². The van der Waals surface area contributed by atoms with Crippen LogP contribution in [0.1, 0.15) is 37.3 Å². The van der Waals surface area contributed by atoms with E-state index in [9.17, 15) is 29.7 Å². The van der Waals surface area contributed by atoms with Crippen LogP contribution in [0.25, 0.3) is 16.9 Å². The van der Waals surface area contributed by atoms with E-state index in [0.29, 0.717) is 24.3 Å². The van der Waals surface area contributed by atoms with Gasteiger partial charge in [-0.25, -0.2) is 0 Å². The Morgan fingerprint density at radius 2 is 1.74 bits per heavy atom. The molecule has 228 valence electrons. The second-order valence-electron chi connectivity index (χ2n) is 12.1. The molecule has 43 heavy (non-hydrogen) atoms. The highest BCUT2D eigenvalue weighted by atomic mass is 16.5. The van der Waals surface area contributed by atoms with Crippen molar-refractivity contribution >= 4 is 28.9 Å². The normalized spacial score (nSPS) is 25.0. The van der Waals surface area contributed by atoms with Crippen LogP contribution in [-0.4, -0.2) is 84.1 Å². The highest BCUT2D eigenvalue weighted by molar-refractivity contribution is 6.24. The molecule has 10 heteroatoms. The van der Waals surface area contributed by atoms with E-state index < -0.39 is 52.3 Å². The van der Waals surface area contributed by atoms with E-state index in [4.69, 9.17) is 10.5 Å². The number of nitrogens with zero attached hydrogens (tertiary/aromatic N) is 2. The molecule has 1 saturated carbocycles. The number of nitrogens with two attached hydrogens (primary N) is 1. The maximum absolute atomic E-state index is 14.2. The molecular weight excluding hydrogens is 550 g/mol. The molecule has 5 rings (SSSR count). The minimum Gasteiger partial charge on any atom is -0.508 e. The van der Waals surface area contributed by atoms with Crippen molar-refractivity contribution in [3.05, 3.63) is 64.4 Å². The van der Waals surface area contributed by atoms with Crippen molar-refractivity contribution < 1.29 is 34.4 Å². The minimum atomic E-state index is -2.62. The predicted octanol–water partition coefficient (Wildman–Crippen LogP) is 3.17. The molecule has 0 saturated heterocycles. The molecule has 0 aromatic heterocycles. The van der Waals surface area contributed by atoms with Crippen LogP contribution in [0.3, 0.4) is 0 Å². The number of carbonyl (C=O) groups is 3. The predicted molar refractivity (Wildman–Crippen MR) is 163 cm³/mol. The molecule has 5 N–H and O–H groups in total. The average molecular weight is 590 g/mol. The number of primary amides is 1. The zero-order valence-corrected chi connectivity index (χ0v) is 25.2. The molecule has 4 unspecified atom stereocenters. The number of ketones is 2. The standard InChI is InChI=1S/C33H39N3O7/c1-6-7-14-43-23-13-12-20(17-8-10-19(11-9-17)35(2)3)21-15-18-16-22-27(36(4)5)29(38)26(32(34)41)31(40)33(22,42)30(39)24(18)28(37)25(21)23/h8-13,18,22,27,37,40,42H,6-7,14-16H2,1-5H3,(H2,34,41). The molecule has 1 amide bonds. The summed E-state index contributed by atoms with van der Waals surface area (Å²) in [5, 5.41) is 34.8. The Bertz CT molecular complexity index is 1560. The van der Waals surface area contributed by atoms with Crippen LogP contribution in [-0.2, 0) is 20.8 Å². The lowest BCUT2D eigenvalue weighted by Gasteiger charge is -2.50. The Morgan fingerprint density at radius 3 is 2.33 bits per heavy atom. The molecule has 0 radical (unpaired) electrons. The van der Waals surface area contributed by atoms with E-state index >= 15 is 0 Å². The van der Waals surface area contributed by atoms with Gasteiger partial charge in [-0.2, -0.15) is 0 Å². The Morgan fingerprint density at radius 1 is 1.07 bits per heavy atom. The second kappa shape index (κ2) is 11.2. The SMILES string of the molecule is CCCCOc1ccc(-c2ccc(N(C)C)cc2)c2c1C(O)=C1C(=O)C3(O)C(O)=C(C(N)=O)C(=O)C(N(C)C)C3CC1C2. The number of anilines is 1. The van der Waals surface area contributed by atoms with Crippen LogP contribution >= 0.6 is 0 Å². The first-order valence-electron chi connectivity index (χ1n) is 14.6. The number of fused-ring (bicyclic) bond motifs is 3. The molecule has 0 spiro atoms. The lowest BCUT2D eigenvalue weighted by Crippen LogP contribution is -2.65. The zero-order chi connectivity index (χ0) is 31.4. The molecular formula is C33H39N3O7. The number of Topliss-reactive ketones (excluding diaryl/α,β-unsaturated/α-hetero) is 2. The number of rotatable bonds is 8. The third-order valence-corrected chi connectivity index (χ3v) is 9.04. The van der Waals surface area contributed by atoms with Crippen molar-refractivity contribution in [1.29, 1.82) is 0 Å². The van der Waals surface area contributed by atoms with Gasteiger partial charge in [-0.15, -0.1) is 0 Å². The molecule has 3 aliphatic carbocycles. The van der Waals surface area contributed by atoms with Crippen LogP contribution in [0.4, 0.5) is 5.69 Å². The van der Waals surface area contributed by atoms with Crippen LogP contribution in [0.5, 0.6) is 5.75 Å². The van der Waals surface area contributed by atoms with Gasteiger partial charge in [0.2, 0.25) is 5.78 Å². The van der Waals surface area contributed by atoms with Crippen LogP contribution in [0, 0.1) is 11.8 Å². The summed E-state index contributed by atoms with van der Waals surface area (Å²) >= 11 is 0. The summed E-state index contributed by atoms with van der Waals surface area (Å²) in [7, 11) is 7.12. The molecule has 0 aliphatic heterocycles. The summed E-state index contributed by atoms with van der Waals surface area (Å²) in [5.41, 5.74) is 5.92. The van der Waals surface area contributed by atoms with Gasteiger partial charge < -0.3 is 30.7 Å². The Kier molecular flexibility index (Phi) is 7.87. The van der Waals surface area contributed by atoms with Gasteiger partial charge >= 0.3 is 0 Å². The van der Waals surface area contributed by atoms with Gasteiger partial charge in [0.05, 0.1) is 18.2 Å².